The van der Waals surface area contributed by atoms with Crippen LogP contribution in [0.2, 0.25) is 0 Å². The summed E-state index contributed by atoms with van der Waals surface area (Å²) in [4.78, 5) is 43.7. The Labute approximate surface area is 287 Å². The largest absolute Gasteiger partial charge is 0.478 e. The second-order valence-corrected chi connectivity index (χ2v) is 14.7. The van der Waals surface area contributed by atoms with Crippen molar-refractivity contribution in [2.45, 2.75) is 97.0 Å². The molecule has 5 rings (SSSR count). The number of nitrogens with one attached hydrogen (secondary N) is 1. The van der Waals surface area contributed by atoms with Crippen molar-refractivity contribution in [2.24, 2.45) is 17.6 Å². The molecule has 0 radical (unpaired) electrons. The number of aryl methyl sites for hydroxylation is 2. The number of amides is 1. The van der Waals surface area contributed by atoms with E-state index in [2.05, 4.69) is 30.7 Å². The number of benzene rings is 3. The van der Waals surface area contributed by atoms with E-state index in [1.165, 1.54) is 18.2 Å². The molecule has 1 amide bonds. The molecule has 48 heavy (non-hydrogen) atoms. The van der Waals surface area contributed by atoms with Gasteiger partial charge in [0, 0.05) is 24.4 Å². The van der Waals surface area contributed by atoms with Crippen LogP contribution in [0.3, 0.4) is 0 Å². The summed E-state index contributed by atoms with van der Waals surface area (Å²) in [5.41, 5.74) is 12.6. The molecule has 0 spiro atoms. The first-order chi connectivity index (χ1) is 23.0. The highest BCUT2D eigenvalue weighted by Gasteiger charge is 2.29. The van der Waals surface area contributed by atoms with Gasteiger partial charge in [-0.15, -0.1) is 0 Å². The van der Waals surface area contributed by atoms with Crippen LogP contribution < -0.4 is 11.1 Å². The van der Waals surface area contributed by atoms with Gasteiger partial charge >= 0.3 is 5.97 Å². The van der Waals surface area contributed by atoms with E-state index in [9.17, 15) is 19.5 Å². The van der Waals surface area contributed by atoms with Gasteiger partial charge in [-0.1, -0.05) is 94.3 Å². The van der Waals surface area contributed by atoms with Gasteiger partial charge in [-0.05, 0) is 79.0 Å². The molecule has 254 valence electrons. The first-order valence-corrected chi connectivity index (χ1v) is 18.1. The molecule has 0 aliphatic heterocycles. The third-order valence-electron chi connectivity index (χ3n) is 9.25. The fraction of sp³-hybridized carbons (Fsp3) is 0.436. The number of aromatic carboxylic acids is 1. The van der Waals surface area contributed by atoms with Crippen LogP contribution >= 0.6 is 11.8 Å². The van der Waals surface area contributed by atoms with Gasteiger partial charge in [0.2, 0.25) is 0 Å². The zero-order chi connectivity index (χ0) is 34.4. The van der Waals surface area contributed by atoms with Crippen molar-refractivity contribution in [3.8, 4) is 11.1 Å². The van der Waals surface area contributed by atoms with E-state index in [-0.39, 0.29) is 34.5 Å². The molecule has 0 saturated heterocycles. The Balaban J connectivity index is 1.40. The lowest BCUT2D eigenvalue weighted by atomic mass is 9.90. The Bertz CT molecular complexity index is 1760. The number of nitrogens with zero attached hydrogens (tertiary/aromatic N) is 2. The van der Waals surface area contributed by atoms with Gasteiger partial charge < -0.3 is 20.7 Å². The lowest BCUT2D eigenvalue weighted by Gasteiger charge is -2.28. The highest BCUT2D eigenvalue weighted by atomic mass is 32.2. The minimum Gasteiger partial charge on any atom is -0.478 e. The molecule has 1 aliphatic carbocycles. The third-order valence-corrected chi connectivity index (χ3v) is 10.4. The first kappa shape index (κ1) is 35.4. The molecule has 1 heterocycles. The molecule has 1 saturated carbocycles. The van der Waals surface area contributed by atoms with Crippen LogP contribution in [-0.2, 0) is 17.8 Å². The maximum Gasteiger partial charge on any atom is 0.336 e. The van der Waals surface area contributed by atoms with Crippen molar-refractivity contribution >= 4 is 39.8 Å². The second kappa shape index (κ2) is 16.0. The Morgan fingerprint density at radius 3 is 2.42 bits per heavy atom. The predicted octanol–water partition coefficient (Wildman–Crippen LogP) is 7.98. The number of carbonyl (C=O) groups is 3. The number of imidazole rings is 1. The van der Waals surface area contributed by atoms with Crippen LogP contribution in [0.1, 0.15) is 103 Å². The molecule has 1 aliphatic rings. The number of thioether (sulfide) groups is 1. The number of fused-ring (bicyclic) bond motifs is 1. The lowest BCUT2D eigenvalue weighted by molar-refractivity contribution is -0.115. The van der Waals surface area contributed by atoms with E-state index in [0.29, 0.717) is 24.1 Å². The maximum absolute atomic E-state index is 13.8. The molecule has 1 unspecified atom stereocenters. The van der Waals surface area contributed by atoms with Crippen molar-refractivity contribution in [3.05, 3.63) is 88.7 Å². The minimum absolute atomic E-state index is 0.0598. The van der Waals surface area contributed by atoms with Crippen LogP contribution in [0.25, 0.3) is 22.2 Å². The van der Waals surface area contributed by atoms with Gasteiger partial charge in [-0.25, -0.2) is 9.78 Å². The summed E-state index contributed by atoms with van der Waals surface area (Å²) in [6.07, 6.45) is 7.59. The average molecular weight is 669 g/mol. The van der Waals surface area contributed by atoms with E-state index < -0.39 is 11.3 Å². The van der Waals surface area contributed by atoms with Crippen molar-refractivity contribution < 1.29 is 19.5 Å². The van der Waals surface area contributed by atoms with Gasteiger partial charge in [0.05, 0.1) is 28.0 Å². The molecule has 4 aromatic rings. The molecule has 8 nitrogen and oxygen atoms in total. The average Bonchev–Trinajstić information content (AvgIpc) is 3.42. The number of carbonyl (C=O) groups excluding carboxylic acids is 2. The quantitative estimate of drug-likeness (QED) is 0.123. The molecule has 9 heteroatoms. The number of carboxylic acid groups (broad SMARTS) is 1. The van der Waals surface area contributed by atoms with Crippen molar-refractivity contribution in [1.82, 2.24) is 14.9 Å². The fourth-order valence-electron chi connectivity index (χ4n) is 6.74. The zero-order valence-corrected chi connectivity index (χ0v) is 29.3. The summed E-state index contributed by atoms with van der Waals surface area (Å²) in [6, 6.07) is 18.4. The first-order valence-electron chi connectivity index (χ1n) is 17.2. The molecule has 2 atom stereocenters. The molecule has 1 aromatic heterocycles. The SMILES string of the molecule is CCCc1nc2c(C)cc(C(=O)N[C@H](CC(C)C)C(N)SC(=O)C3CCCCC3)cc2n1Cc1ccc(-c2ccccc2C(=O)O)cc1. The van der Waals surface area contributed by atoms with Crippen LogP contribution in [0, 0.1) is 18.8 Å². The van der Waals surface area contributed by atoms with E-state index in [0.717, 1.165) is 72.1 Å². The molecule has 1 fully saturated rings. The smallest absolute Gasteiger partial charge is 0.336 e. The van der Waals surface area contributed by atoms with Crippen molar-refractivity contribution in [1.29, 1.82) is 0 Å². The van der Waals surface area contributed by atoms with Crippen LogP contribution in [0.15, 0.2) is 60.7 Å². The highest BCUT2D eigenvalue weighted by Crippen LogP contribution is 2.31. The van der Waals surface area contributed by atoms with Crippen molar-refractivity contribution in [2.75, 3.05) is 0 Å². The maximum atomic E-state index is 13.8. The molecular formula is C39H48N4O4S. The summed E-state index contributed by atoms with van der Waals surface area (Å²) >= 11 is 1.19. The molecule has 0 bridgehead atoms. The van der Waals surface area contributed by atoms with E-state index in [4.69, 9.17) is 10.7 Å². The Morgan fingerprint density at radius 2 is 1.75 bits per heavy atom. The highest BCUT2D eigenvalue weighted by molar-refractivity contribution is 8.14. The summed E-state index contributed by atoms with van der Waals surface area (Å²) < 4.78 is 2.18. The summed E-state index contributed by atoms with van der Waals surface area (Å²) in [5, 5.41) is 12.5. The van der Waals surface area contributed by atoms with Gasteiger partial charge in [-0.2, -0.15) is 0 Å². The van der Waals surface area contributed by atoms with E-state index >= 15 is 0 Å². The number of aromatic nitrogens is 2. The van der Waals surface area contributed by atoms with Crippen LogP contribution in [0.4, 0.5) is 0 Å². The lowest BCUT2D eigenvalue weighted by Crippen LogP contribution is -2.47. The van der Waals surface area contributed by atoms with Gasteiger partial charge in [0.25, 0.3) is 5.91 Å². The van der Waals surface area contributed by atoms with E-state index in [1.54, 1.807) is 12.1 Å². The Hall–Kier alpha value is -3.95. The molecule has 4 N–H and O–H groups in total. The minimum atomic E-state index is -0.955. The van der Waals surface area contributed by atoms with E-state index in [1.807, 2.05) is 55.5 Å². The Morgan fingerprint density at radius 1 is 1.04 bits per heavy atom. The van der Waals surface area contributed by atoms with Gasteiger partial charge in [0.15, 0.2) is 5.12 Å². The summed E-state index contributed by atoms with van der Waals surface area (Å²) in [5.74, 6) is 0.134. The van der Waals surface area contributed by atoms with Crippen LogP contribution in [-0.4, -0.2) is 43.1 Å². The number of rotatable bonds is 13. The third kappa shape index (κ3) is 8.36. The number of nitrogens with two attached hydrogens (primary N) is 1. The second-order valence-electron chi connectivity index (χ2n) is 13.5. The van der Waals surface area contributed by atoms with Gasteiger partial charge in [0.1, 0.15) is 5.82 Å². The number of hydrogen-bond donors (Lipinski definition) is 3. The standard InChI is InChI=1S/C39H48N4O4S/c1-5-11-34-42-35-25(4)21-29(37(44)41-32(20-24(2)3)36(40)48-39(47)28-12-7-6-8-13-28)22-33(35)43(34)23-26-16-18-27(19-17-26)30-14-9-10-15-31(30)38(45)46/h9-10,14-19,21-22,24,28,32,36H,5-8,11-13,20,23,40H2,1-4H3,(H,41,44)(H,45,46)/t32-,36?/m1/s1. The fourth-order valence-corrected chi connectivity index (χ4v) is 7.78. The van der Waals surface area contributed by atoms with Crippen LogP contribution in [0.5, 0.6) is 0 Å². The number of hydrogen-bond acceptors (Lipinski definition) is 6. The Kier molecular flexibility index (Phi) is 11.8. The summed E-state index contributed by atoms with van der Waals surface area (Å²) in [7, 11) is 0. The number of carboxylic acids is 1. The van der Waals surface area contributed by atoms with Gasteiger partial charge in [-0.3, -0.25) is 9.59 Å². The molecule has 3 aromatic carbocycles. The predicted molar refractivity (Wildman–Crippen MR) is 194 cm³/mol. The molecular weight excluding hydrogens is 621 g/mol. The normalized spacial score (nSPS) is 15.0. The monoisotopic (exact) mass is 668 g/mol. The zero-order valence-electron chi connectivity index (χ0n) is 28.5. The summed E-state index contributed by atoms with van der Waals surface area (Å²) in [6.45, 7) is 8.86. The topological polar surface area (TPSA) is 127 Å². The van der Waals surface area contributed by atoms with Crippen molar-refractivity contribution in [3.63, 3.8) is 0 Å².